The summed E-state index contributed by atoms with van der Waals surface area (Å²) in [6.07, 6.45) is 1.67. The van der Waals surface area contributed by atoms with Gasteiger partial charge in [0.15, 0.2) is 17.2 Å². The Morgan fingerprint density at radius 1 is 0.938 bits per heavy atom. The fraction of sp³-hybridized carbons (Fsp3) is 0.154. The molecule has 0 aliphatic rings. The van der Waals surface area contributed by atoms with E-state index in [0.717, 1.165) is 22.5 Å². The van der Waals surface area contributed by atoms with Crippen LogP contribution in [0.4, 0.5) is 5.69 Å². The minimum Gasteiger partial charge on any atom is -0.493 e. The van der Waals surface area contributed by atoms with Crippen LogP contribution >= 0.6 is 0 Å². The van der Waals surface area contributed by atoms with Crippen LogP contribution in [0.1, 0.15) is 16.8 Å². The molecule has 0 radical (unpaired) electrons. The summed E-state index contributed by atoms with van der Waals surface area (Å²) in [5.41, 5.74) is 3.69. The zero-order chi connectivity index (χ0) is 22.5. The molecule has 32 heavy (non-hydrogen) atoms. The molecular weight excluding hydrogens is 402 g/mol. The van der Waals surface area contributed by atoms with Crippen molar-refractivity contribution in [2.75, 3.05) is 7.11 Å². The van der Waals surface area contributed by atoms with E-state index in [9.17, 15) is 4.79 Å². The van der Waals surface area contributed by atoms with Crippen molar-refractivity contribution in [3.63, 3.8) is 0 Å². The first kappa shape index (κ1) is 21.2. The molecule has 162 valence electrons. The molecule has 3 aromatic carbocycles. The van der Waals surface area contributed by atoms with Crippen LogP contribution in [0.5, 0.6) is 11.5 Å². The van der Waals surface area contributed by atoms with Crippen LogP contribution in [0.25, 0.3) is 5.69 Å². The summed E-state index contributed by atoms with van der Waals surface area (Å²) in [5, 5.41) is 0. The van der Waals surface area contributed by atoms with Gasteiger partial charge in [0.2, 0.25) is 0 Å². The van der Waals surface area contributed by atoms with Gasteiger partial charge in [0.1, 0.15) is 6.61 Å². The molecular formula is C26H25N3O3. The lowest BCUT2D eigenvalue weighted by molar-refractivity contribution is 0.284. The van der Waals surface area contributed by atoms with Gasteiger partial charge in [-0.1, -0.05) is 48.5 Å². The van der Waals surface area contributed by atoms with Gasteiger partial charge >= 0.3 is 0 Å². The molecule has 0 bridgehead atoms. The van der Waals surface area contributed by atoms with Crippen molar-refractivity contribution < 1.29 is 9.47 Å². The minimum absolute atomic E-state index is 0.165. The van der Waals surface area contributed by atoms with E-state index in [4.69, 9.17) is 9.47 Å². The normalized spacial score (nSPS) is 11.1. The molecule has 1 heterocycles. The van der Waals surface area contributed by atoms with Crippen molar-refractivity contribution in [3.05, 3.63) is 106 Å². The predicted octanol–water partition coefficient (Wildman–Crippen LogP) is 4.82. The standard InChI is InChI=1S/C26H25N3O3/c1-19-25(26(30)29(28(19)2)22-12-8-5-9-13-22)27-17-21-14-15-23(31-3)24(16-21)32-18-20-10-6-4-7-11-20/h4-17H,18H2,1-3H3. The molecule has 4 aromatic rings. The Hall–Kier alpha value is -4.06. The summed E-state index contributed by atoms with van der Waals surface area (Å²) in [5.74, 6) is 1.26. The fourth-order valence-electron chi connectivity index (χ4n) is 3.46. The third-order valence-corrected chi connectivity index (χ3v) is 5.29. The van der Waals surface area contributed by atoms with Gasteiger partial charge in [0, 0.05) is 13.3 Å². The van der Waals surface area contributed by atoms with Gasteiger partial charge in [-0.15, -0.1) is 0 Å². The molecule has 0 spiro atoms. The van der Waals surface area contributed by atoms with Crippen LogP contribution in [-0.2, 0) is 13.7 Å². The molecule has 1 aromatic heterocycles. The first-order valence-corrected chi connectivity index (χ1v) is 10.3. The Morgan fingerprint density at radius 3 is 2.31 bits per heavy atom. The van der Waals surface area contributed by atoms with Gasteiger partial charge in [-0.05, 0) is 48.4 Å². The zero-order valence-electron chi connectivity index (χ0n) is 18.4. The van der Waals surface area contributed by atoms with Crippen molar-refractivity contribution in [1.82, 2.24) is 9.36 Å². The summed E-state index contributed by atoms with van der Waals surface area (Å²) in [6.45, 7) is 2.31. The van der Waals surface area contributed by atoms with Crippen molar-refractivity contribution in [2.45, 2.75) is 13.5 Å². The van der Waals surface area contributed by atoms with Crippen LogP contribution in [0.15, 0.2) is 88.6 Å². The Morgan fingerprint density at radius 2 is 1.62 bits per heavy atom. The molecule has 0 atom stereocenters. The number of para-hydroxylation sites is 1. The zero-order valence-corrected chi connectivity index (χ0v) is 18.4. The van der Waals surface area contributed by atoms with Gasteiger partial charge in [-0.2, -0.15) is 0 Å². The second kappa shape index (κ2) is 9.39. The predicted molar refractivity (Wildman–Crippen MR) is 127 cm³/mol. The lowest BCUT2D eigenvalue weighted by atomic mass is 10.2. The van der Waals surface area contributed by atoms with Crippen LogP contribution in [0.2, 0.25) is 0 Å². The van der Waals surface area contributed by atoms with Gasteiger partial charge < -0.3 is 9.47 Å². The molecule has 6 nitrogen and oxygen atoms in total. The number of nitrogens with zero attached hydrogens (tertiary/aromatic N) is 3. The Labute approximate surface area is 187 Å². The molecule has 0 fully saturated rings. The van der Waals surface area contributed by atoms with Crippen molar-refractivity contribution in [3.8, 4) is 17.2 Å². The van der Waals surface area contributed by atoms with E-state index >= 15 is 0 Å². The fourth-order valence-corrected chi connectivity index (χ4v) is 3.46. The maximum Gasteiger partial charge on any atom is 0.297 e. The molecule has 0 amide bonds. The van der Waals surface area contributed by atoms with Crippen LogP contribution < -0.4 is 15.0 Å². The smallest absolute Gasteiger partial charge is 0.297 e. The van der Waals surface area contributed by atoms with Gasteiger partial charge in [0.05, 0.1) is 18.5 Å². The molecule has 0 unspecified atom stereocenters. The van der Waals surface area contributed by atoms with E-state index in [0.29, 0.717) is 23.8 Å². The molecule has 0 saturated heterocycles. The number of ether oxygens (including phenoxy) is 2. The number of hydrogen-bond donors (Lipinski definition) is 0. The average Bonchev–Trinajstić information content (AvgIpc) is 3.05. The highest BCUT2D eigenvalue weighted by atomic mass is 16.5. The second-order valence-electron chi connectivity index (χ2n) is 7.35. The molecule has 0 aliphatic heterocycles. The number of methoxy groups -OCH3 is 1. The van der Waals surface area contributed by atoms with Gasteiger partial charge in [-0.3, -0.25) is 9.48 Å². The monoisotopic (exact) mass is 427 g/mol. The molecule has 6 heteroatoms. The number of aliphatic imine (C=N–C) groups is 1. The van der Waals surface area contributed by atoms with Gasteiger partial charge in [0.25, 0.3) is 5.56 Å². The lowest BCUT2D eigenvalue weighted by Crippen LogP contribution is -2.19. The highest BCUT2D eigenvalue weighted by molar-refractivity contribution is 5.83. The summed E-state index contributed by atoms with van der Waals surface area (Å²) >= 11 is 0. The number of benzene rings is 3. The van der Waals surface area contributed by atoms with Crippen LogP contribution in [0, 0.1) is 6.92 Å². The topological polar surface area (TPSA) is 57.8 Å². The van der Waals surface area contributed by atoms with E-state index in [1.165, 1.54) is 0 Å². The second-order valence-corrected chi connectivity index (χ2v) is 7.35. The maximum atomic E-state index is 13.0. The SMILES string of the molecule is COc1ccc(C=Nc2c(C)n(C)n(-c3ccccc3)c2=O)cc1OCc1ccccc1. The first-order valence-electron chi connectivity index (χ1n) is 10.3. The summed E-state index contributed by atoms with van der Waals surface area (Å²) in [6, 6.07) is 25.0. The quantitative estimate of drug-likeness (QED) is 0.397. The third kappa shape index (κ3) is 4.34. The lowest BCUT2D eigenvalue weighted by Gasteiger charge is -2.11. The largest absolute Gasteiger partial charge is 0.493 e. The van der Waals surface area contributed by atoms with Crippen molar-refractivity contribution in [1.29, 1.82) is 0 Å². The van der Waals surface area contributed by atoms with Gasteiger partial charge in [-0.25, -0.2) is 9.67 Å². The number of aromatic nitrogens is 2. The van der Waals surface area contributed by atoms with E-state index in [1.807, 2.05) is 97.5 Å². The van der Waals surface area contributed by atoms with Crippen molar-refractivity contribution >= 4 is 11.9 Å². The first-order chi connectivity index (χ1) is 15.6. The highest BCUT2D eigenvalue weighted by Crippen LogP contribution is 2.28. The Bertz CT molecular complexity index is 1290. The summed E-state index contributed by atoms with van der Waals surface area (Å²) in [4.78, 5) is 17.6. The minimum atomic E-state index is -0.165. The van der Waals surface area contributed by atoms with Crippen LogP contribution in [-0.4, -0.2) is 22.7 Å². The molecule has 4 rings (SSSR count). The summed E-state index contributed by atoms with van der Waals surface area (Å²) < 4.78 is 14.8. The Balaban J connectivity index is 1.62. The van der Waals surface area contributed by atoms with E-state index in [-0.39, 0.29) is 5.56 Å². The average molecular weight is 428 g/mol. The molecule has 0 saturated carbocycles. The van der Waals surface area contributed by atoms with Crippen molar-refractivity contribution in [2.24, 2.45) is 12.0 Å². The highest BCUT2D eigenvalue weighted by Gasteiger charge is 2.15. The number of hydrogen-bond acceptors (Lipinski definition) is 4. The molecule has 0 aliphatic carbocycles. The van der Waals surface area contributed by atoms with E-state index in [1.54, 1.807) is 18.0 Å². The Kier molecular flexibility index (Phi) is 6.22. The number of rotatable bonds is 7. The van der Waals surface area contributed by atoms with Crippen LogP contribution in [0.3, 0.4) is 0 Å². The maximum absolute atomic E-state index is 13.0. The molecule has 0 N–H and O–H groups in total. The van der Waals surface area contributed by atoms with E-state index < -0.39 is 0 Å². The third-order valence-electron chi connectivity index (χ3n) is 5.29. The summed E-state index contributed by atoms with van der Waals surface area (Å²) in [7, 11) is 3.46. The van der Waals surface area contributed by atoms with E-state index in [2.05, 4.69) is 4.99 Å².